The lowest BCUT2D eigenvalue weighted by Gasteiger charge is -2.35. The second-order valence-corrected chi connectivity index (χ2v) is 20.0. The van der Waals surface area contributed by atoms with Gasteiger partial charge in [0.1, 0.15) is 28.9 Å². The van der Waals surface area contributed by atoms with Gasteiger partial charge in [0.25, 0.3) is 5.91 Å². The minimum atomic E-state index is -0.777. The van der Waals surface area contributed by atoms with Gasteiger partial charge in [-0.1, -0.05) is 41.9 Å². The lowest BCUT2D eigenvalue weighted by molar-refractivity contribution is -0.137. The summed E-state index contributed by atoms with van der Waals surface area (Å²) >= 11 is 7.20. The zero-order chi connectivity index (χ0) is 49.6. The molecule has 9 rings (SSSR count). The van der Waals surface area contributed by atoms with Crippen molar-refractivity contribution in [3.63, 3.8) is 0 Å². The first-order chi connectivity index (χ1) is 33.5. The van der Waals surface area contributed by atoms with Crippen molar-refractivity contribution in [2.45, 2.75) is 97.9 Å². The van der Waals surface area contributed by atoms with Crippen LogP contribution in [0.3, 0.4) is 0 Å². The molecule has 2 aromatic heterocycles. The first-order valence-corrected chi connectivity index (χ1v) is 24.5. The average Bonchev–Trinajstić information content (AvgIpc) is 3.91. The number of aryl methyl sites for hydroxylation is 4. The van der Waals surface area contributed by atoms with E-state index < -0.39 is 23.5 Å². The Morgan fingerprint density at radius 2 is 1.67 bits per heavy atom. The van der Waals surface area contributed by atoms with Crippen molar-refractivity contribution in [1.29, 1.82) is 0 Å². The molecule has 70 heavy (non-hydrogen) atoms. The number of hydrogen-bond donors (Lipinski definition) is 1. The van der Waals surface area contributed by atoms with Crippen LogP contribution in [0.1, 0.15) is 95.4 Å². The first kappa shape index (κ1) is 48.4. The van der Waals surface area contributed by atoms with E-state index in [-0.39, 0.29) is 49.3 Å². The molecule has 1 unspecified atom stereocenters. The van der Waals surface area contributed by atoms with Crippen LogP contribution in [0.15, 0.2) is 66.7 Å². The first-order valence-electron chi connectivity index (χ1n) is 24.1. The SMILES string of the molecule is Cc1nn(C)c(C)c1-c1c(Cl)ccc2c(CCCOc3cccc4cc(F)ccc34)c(C(=O)OC(C)(C)C)n(CCN3CCN(C(=O)CCc4cccc5c4CN(C4CCC(=O)NC4=O)C5=O)CC3)c12. The average molecular weight is 973 g/mol. The lowest BCUT2D eigenvalue weighted by Crippen LogP contribution is -2.52. The predicted molar refractivity (Wildman–Crippen MR) is 265 cm³/mol. The molecule has 0 spiro atoms. The summed E-state index contributed by atoms with van der Waals surface area (Å²) in [4.78, 5) is 71.9. The number of rotatable bonds is 14. The van der Waals surface area contributed by atoms with Crippen LogP contribution in [0, 0.1) is 19.7 Å². The molecular formula is C54H59ClFN7O7. The van der Waals surface area contributed by atoms with E-state index in [1.807, 2.05) is 93.7 Å². The zero-order valence-corrected chi connectivity index (χ0v) is 41.4. The fourth-order valence-electron chi connectivity index (χ4n) is 10.4. The molecule has 1 atom stereocenters. The highest BCUT2D eigenvalue weighted by atomic mass is 35.5. The number of carbonyl (C=O) groups is 5. The van der Waals surface area contributed by atoms with Crippen molar-refractivity contribution >= 4 is 62.9 Å². The Morgan fingerprint density at radius 3 is 2.40 bits per heavy atom. The Morgan fingerprint density at radius 1 is 0.914 bits per heavy atom. The predicted octanol–water partition coefficient (Wildman–Crippen LogP) is 8.11. The molecular weight excluding hydrogens is 913 g/mol. The summed E-state index contributed by atoms with van der Waals surface area (Å²) in [7, 11) is 1.90. The maximum Gasteiger partial charge on any atom is 0.355 e. The van der Waals surface area contributed by atoms with Crippen molar-refractivity contribution in [2.75, 3.05) is 39.3 Å². The minimum absolute atomic E-state index is 0.0247. The molecule has 0 aliphatic carbocycles. The maximum absolute atomic E-state index is 14.6. The molecule has 2 fully saturated rings. The quantitative estimate of drug-likeness (QED) is 0.0650. The van der Waals surface area contributed by atoms with Crippen molar-refractivity contribution in [1.82, 2.24) is 34.4 Å². The second-order valence-electron chi connectivity index (χ2n) is 19.6. The van der Waals surface area contributed by atoms with Crippen LogP contribution < -0.4 is 10.1 Å². The van der Waals surface area contributed by atoms with Gasteiger partial charge in [0.2, 0.25) is 17.7 Å². The summed E-state index contributed by atoms with van der Waals surface area (Å²) in [5, 5.41) is 10.1. The fraction of sp³-hybridized carbons (Fsp3) is 0.407. The van der Waals surface area contributed by atoms with Crippen LogP contribution in [-0.2, 0) is 52.1 Å². The number of nitrogens with one attached hydrogen (secondary N) is 1. The highest BCUT2D eigenvalue weighted by Crippen LogP contribution is 2.43. The van der Waals surface area contributed by atoms with E-state index >= 15 is 0 Å². The Bertz CT molecular complexity index is 3070. The molecule has 16 heteroatoms. The Hall–Kier alpha value is -6.58. The molecule has 5 heterocycles. The summed E-state index contributed by atoms with van der Waals surface area (Å²) in [6.07, 6.45) is 2.24. The summed E-state index contributed by atoms with van der Waals surface area (Å²) in [6, 6.07) is 18.9. The number of carbonyl (C=O) groups excluding carboxylic acids is 5. The standard InChI is InChI=1S/C54H59ClFN7O7/c1-32-47(33(2)59(6)58-32)48-42(55)19-18-39-38(13-9-29-69-44-14-8-11-35-30-36(56)16-17-37(35)44)50(53(68)70-54(3,4)5)62(49(39)48)28-25-60-23-26-61(27-24-60)46(65)22-15-34-10-7-12-40-41(34)31-63(52(40)67)43-20-21-45(64)57-51(43)66/h7-8,10-12,14,16-19,30,43H,9,13,15,20-29,31H2,1-6H3,(H,57,64,66). The van der Waals surface area contributed by atoms with Crippen molar-refractivity contribution in [3.8, 4) is 16.9 Å². The van der Waals surface area contributed by atoms with Crippen LogP contribution >= 0.6 is 11.6 Å². The zero-order valence-electron chi connectivity index (χ0n) is 40.6. The molecule has 1 N–H and O–H groups in total. The van der Waals surface area contributed by atoms with Gasteiger partial charge >= 0.3 is 5.97 Å². The molecule has 6 aromatic rings. The molecule has 3 aliphatic rings. The number of amides is 4. The summed E-state index contributed by atoms with van der Waals surface area (Å²) in [5.74, 6) is -1.09. The van der Waals surface area contributed by atoms with Crippen molar-refractivity contribution in [3.05, 3.63) is 117 Å². The van der Waals surface area contributed by atoms with E-state index in [2.05, 4.69) is 14.8 Å². The molecule has 2 saturated heterocycles. The second kappa shape index (κ2) is 19.7. The topological polar surface area (TPSA) is 148 Å². The van der Waals surface area contributed by atoms with E-state index in [1.54, 1.807) is 12.1 Å². The number of halogens is 2. The number of aromatic nitrogens is 3. The molecule has 0 bridgehead atoms. The van der Waals surface area contributed by atoms with Crippen molar-refractivity contribution in [2.24, 2.45) is 7.05 Å². The molecule has 14 nitrogen and oxygen atoms in total. The number of fused-ring (bicyclic) bond motifs is 3. The Labute approximate surface area is 411 Å². The molecule has 0 radical (unpaired) electrons. The van der Waals surface area contributed by atoms with Crippen LogP contribution in [-0.4, -0.2) is 110 Å². The number of benzene rings is 4. The van der Waals surface area contributed by atoms with Gasteiger partial charge < -0.3 is 23.8 Å². The third kappa shape index (κ3) is 9.65. The van der Waals surface area contributed by atoms with E-state index in [4.69, 9.17) is 26.2 Å². The van der Waals surface area contributed by atoms with Gasteiger partial charge in [-0.3, -0.25) is 34.1 Å². The normalized spacial score (nSPS) is 16.6. The van der Waals surface area contributed by atoms with E-state index in [1.165, 1.54) is 17.0 Å². The number of piperazine rings is 1. The van der Waals surface area contributed by atoms with E-state index in [0.29, 0.717) is 87.2 Å². The number of imide groups is 1. The monoisotopic (exact) mass is 971 g/mol. The number of esters is 1. The van der Waals surface area contributed by atoms with Crippen LogP contribution in [0.25, 0.3) is 32.8 Å². The van der Waals surface area contributed by atoms with Crippen molar-refractivity contribution < 1.29 is 37.8 Å². The van der Waals surface area contributed by atoms with Gasteiger partial charge in [0.05, 0.1) is 22.8 Å². The highest BCUT2D eigenvalue weighted by molar-refractivity contribution is 6.35. The molecule has 4 amide bonds. The molecule has 366 valence electrons. The smallest absolute Gasteiger partial charge is 0.355 e. The third-order valence-electron chi connectivity index (χ3n) is 13.9. The van der Waals surface area contributed by atoms with Gasteiger partial charge in [-0.2, -0.15) is 5.10 Å². The highest BCUT2D eigenvalue weighted by Gasteiger charge is 2.40. The molecule has 0 saturated carbocycles. The number of hydrogen-bond acceptors (Lipinski definition) is 9. The van der Waals surface area contributed by atoms with Gasteiger partial charge in [0.15, 0.2) is 0 Å². The van der Waals surface area contributed by atoms with Crippen LogP contribution in [0.2, 0.25) is 5.02 Å². The minimum Gasteiger partial charge on any atom is -0.493 e. The summed E-state index contributed by atoms with van der Waals surface area (Å²) in [5.41, 5.74) is 7.04. The largest absolute Gasteiger partial charge is 0.493 e. The summed E-state index contributed by atoms with van der Waals surface area (Å²) < 4.78 is 30.5. The summed E-state index contributed by atoms with van der Waals surface area (Å²) in [6.45, 7) is 13.5. The maximum atomic E-state index is 14.6. The Balaban J connectivity index is 0.936. The van der Waals surface area contributed by atoms with Crippen LogP contribution in [0.4, 0.5) is 4.39 Å². The van der Waals surface area contributed by atoms with Gasteiger partial charge in [-0.15, -0.1) is 0 Å². The molecule has 4 aromatic carbocycles. The van der Waals surface area contributed by atoms with Crippen LogP contribution in [0.5, 0.6) is 5.75 Å². The number of piperidine rings is 1. The van der Waals surface area contributed by atoms with E-state index in [9.17, 15) is 28.4 Å². The Kier molecular flexibility index (Phi) is 13.6. The van der Waals surface area contributed by atoms with Gasteiger partial charge in [-0.25, -0.2) is 9.18 Å². The third-order valence-corrected chi connectivity index (χ3v) is 14.2. The number of nitrogens with zero attached hydrogens (tertiary/aromatic N) is 6. The van der Waals surface area contributed by atoms with Gasteiger partial charge in [0, 0.05) is 98.9 Å². The lowest BCUT2D eigenvalue weighted by atomic mass is 9.98. The van der Waals surface area contributed by atoms with Gasteiger partial charge in [-0.05, 0) is 119 Å². The molecule has 3 aliphatic heterocycles. The van der Waals surface area contributed by atoms with E-state index in [0.717, 1.165) is 60.9 Å². The number of ether oxygens (including phenoxy) is 2. The fourth-order valence-corrected chi connectivity index (χ4v) is 10.7.